The molecule has 1 aliphatic heterocycles. The molecule has 0 aliphatic carbocycles. The fraction of sp³-hybridized carbons (Fsp3) is 0.321. The Kier molecular flexibility index (Phi) is 8.00. The first-order valence-electron chi connectivity index (χ1n) is 12.7. The number of nitrogens with one attached hydrogen (secondary N) is 1. The standard InChI is InChI=1S/C28H27BrIN7O3/c1-14-7-21(27(40)34-26-15(2)5-6-22(29)33-26)36(12-14)23(39)13-37-25-16(3)8-18(19-10-31-28(30)32-11-19)9-20(25)24(35-37)17(4)38/h5-6,8-11,14,21H,7,12-13H2,1-4H3,(H,33,34,40)/t14-,21+/m1/s1. The minimum absolute atomic E-state index is 0.0960. The van der Waals surface area contributed by atoms with Gasteiger partial charge >= 0.3 is 0 Å². The number of carbonyl (C=O) groups excluding carboxylic acids is 3. The first-order valence-corrected chi connectivity index (χ1v) is 14.6. The van der Waals surface area contributed by atoms with Gasteiger partial charge in [-0.15, -0.1) is 0 Å². The number of fused-ring (bicyclic) bond motifs is 1. The summed E-state index contributed by atoms with van der Waals surface area (Å²) in [7, 11) is 0. The van der Waals surface area contributed by atoms with E-state index >= 15 is 0 Å². The van der Waals surface area contributed by atoms with Crippen LogP contribution in [-0.2, 0) is 16.1 Å². The second-order valence-corrected chi connectivity index (χ2v) is 12.0. The molecule has 206 valence electrons. The monoisotopic (exact) mass is 715 g/mol. The van der Waals surface area contributed by atoms with Crippen molar-refractivity contribution in [2.45, 2.75) is 46.7 Å². The van der Waals surface area contributed by atoms with E-state index in [2.05, 4.69) is 41.3 Å². The second-order valence-electron chi connectivity index (χ2n) is 10.2. The molecule has 1 aromatic carbocycles. The molecule has 0 radical (unpaired) electrons. The zero-order valence-corrected chi connectivity index (χ0v) is 26.1. The minimum Gasteiger partial charge on any atom is -0.329 e. The number of Topliss-reactive ketones (excluding diaryl/α,β-unsaturated/α-hetero) is 1. The van der Waals surface area contributed by atoms with Gasteiger partial charge in [0.15, 0.2) is 9.61 Å². The number of halogens is 2. The molecule has 3 aromatic heterocycles. The lowest BCUT2D eigenvalue weighted by atomic mass is 10.0. The lowest BCUT2D eigenvalue weighted by Crippen LogP contribution is -2.44. The Morgan fingerprint density at radius 2 is 1.82 bits per heavy atom. The summed E-state index contributed by atoms with van der Waals surface area (Å²) >= 11 is 5.39. The fourth-order valence-electron chi connectivity index (χ4n) is 5.15. The third-order valence-corrected chi connectivity index (χ3v) is 8.04. The van der Waals surface area contributed by atoms with Crippen molar-refractivity contribution >= 4 is 72.8 Å². The summed E-state index contributed by atoms with van der Waals surface area (Å²) in [6.45, 7) is 7.63. The molecule has 2 atom stereocenters. The Morgan fingerprint density at radius 1 is 1.10 bits per heavy atom. The Labute approximate surface area is 253 Å². The molecule has 2 amide bonds. The van der Waals surface area contributed by atoms with Crippen LogP contribution in [0.1, 0.15) is 41.9 Å². The summed E-state index contributed by atoms with van der Waals surface area (Å²) in [4.78, 5) is 54.1. The third kappa shape index (κ3) is 5.64. The molecule has 0 saturated carbocycles. The molecule has 12 heteroatoms. The Bertz CT molecular complexity index is 1650. The van der Waals surface area contributed by atoms with E-state index in [-0.39, 0.29) is 30.1 Å². The van der Waals surface area contributed by atoms with E-state index in [0.29, 0.717) is 43.8 Å². The van der Waals surface area contributed by atoms with Crippen molar-refractivity contribution in [1.82, 2.24) is 29.6 Å². The lowest BCUT2D eigenvalue weighted by Gasteiger charge is -2.24. The van der Waals surface area contributed by atoms with E-state index in [1.165, 1.54) is 6.92 Å². The Hall–Kier alpha value is -3.26. The van der Waals surface area contributed by atoms with Gasteiger partial charge in [-0.1, -0.05) is 13.0 Å². The number of aromatic nitrogens is 5. The van der Waals surface area contributed by atoms with Crippen molar-refractivity contribution in [2.75, 3.05) is 11.9 Å². The zero-order chi connectivity index (χ0) is 28.7. The van der Waals surface area contributed by atoms with E-state index < -0.39 is 6.04 Å². The first kappa shape index (κ1) is 28.3. The van der Waals surface area contributed by atoms with Crippen LogP contribution in [0.4, 0.5) is 5.82 Å². The van der Waals surface area contributed by atoms with E-state index in [1.807, 2.05) is 61.6 Å². The number of amides is 2. The van der Waals surface area contributed by atoms with Crippen LogP contribution >= 0.6 is 38.5 Å². The van der Waals surface area contributed by atoms with E-state index in [0.717, 1.165) is 22.3 Å². The largest absolute Gasteiger partial charge is 0.329 e. The van der Waals surface area contributed by atoms with Crippen molar-refractivity contribution in [1.29, 1.82) is 0 Å². The highest BCUT2D eigenvalue weighted by Crippen LogP contribution is 2.31. The van der Waals surface area contributed by atoms with Crippen LogP contribution in [0.5, 0.6) is 0 Å². The minimum atomic E-state index is -0.634. The average Bonchev–Trinajstić information content (AvgIpc) is 3.48. The summed E-state index contributed by atoms with van der Waals surface area (Å²) in [6, 6.07) is 6.90. The van der Waals surface area contributed by atoms with Crippen LogP contribution in [0.2, 0.25) is 0 Å². The molecule has 4 aromatic rings. The Balaban J connectivity index is 1.45. The highest BCUT2D eigenvalue weighted by Gasteiger charge is 2.38. The lowest BCUT2D eigenvalue weighted by molar-refractivity contribution is -0.137. The summed E-state index contributed by atoms with van der Waals surface area (Å²) in [5.74, 6) is -0.103. The molecule has 1 fully saturated rings. The number of ketones is 1. The van der Waals surface area contributed by atoms with Gasteiger partial charge in [0.1, 0.15) is 28.7 Å². The van der Waals surface area contributed by atoms with Crippen molar-refractivity contribution in [3.8, 4) is 11.1 Å². The molecular weight excluding hydrogens is 689 g/mol. The van der Waals surface area contributed by atoms with Gasteiger partial charge in [-0.05, 0) is 77.0 Å². The number of anilines is 1. The van der Waals surface area contributed by atoms with Gasteiger partial charge in [-0.25, -0.2) is 15.0 Å². The molecule has 1 aliphatic rings. The molecular formula is C28H27BrIN7O3. The molecule has 4 heterocycles. The van der Waals surface area contributed by atoms with Crippen LogP contribution in [-0.4, -0.2) is 59.8 Å². The maximum Gasteiger partial charge on any atom is 0.248 e. The number of hydrogen-bond acceptors (Lipinski definition) is 7. The number of pyridine rings is 1. The van der Waals surface area contributed by atoms with E-state index in [9.17, 15) is 14.4 Å². The average molecular weight is 716 g/mol. The summed E-state index contributed by atoms with van der Waals surface area (Å²) in [5, 5.41) is 8.11. The number of nitrogens with zero attached hydrogens (tertiary/aromatic N) is 6. The highest BCUT2D eigenvalue weighted by atomic mass is 127. The van der Waals surface area contributed by atoms with Crippen molar-refractivity contribution in [2.24, 2.45) is 5.92 Å². The van der Waals surface area contributed by atoms with E-state index in [1.54, 1.807) is 28.0 Å². The summed E-state index contributed by atoms with van der Waals surface area (Å²) in [5.41, 5.74) is 4.36. The van der Waals surface area contributed by atoms with Crippen molar-refractivity contribution in [3.05, 3.63) is 61.9 Å². The van der Waals surface area contributed by atoms with Crippen molar-refractivity contribution < 1.29 is 14.4 Å². The smallest absolute Gasteiger partial charge is 0.248 e. The quantitative estimate of drug-likeness (QED) is 0.130. The predicted octanol–water partition coefficient (Wildman–Crippen LogP) is 4.95. The van der Waals surface area contributed by atoms with Gasteiger partial charge in [-0.3, -0.25) is 19.1 Å². The number of hydrogen-bond donors (Lipinski definition) is 1. The van der Waals surface area contributed by atoms with Crippen LogP contribution in [0.3, 0.4) is 0 Å². The number of aryl methyl sites for hydroxylation is 2. The van der Waals surface area contributed by atoms with Crippen LogP contribution in [0.15, 0.2) is 41.3 Å². The molecule has 40 heavy (non-hydrogen) atoms. The van der Waals surface area contributed by atoms with Gasteiger partial charge in [0.2, 0.25) is 11.8 Å². The van der Waals surface area contributed by atoms with Gasteiger partial charge < -0.3 is 10.2 Å². The molecule has 5 rings (SSSR count). The zero-order valence-electron chi connectivity index (χ0n) is 22.4. The number of carbonyl (C=O) groups is 3. The van der Waals surface area contributed by atoms with Gasteiger partial charge in [-0.2, -0.15) is 5.10 Å². The number of benzene rings is 1. The molecule has 1 N–H and O–H groups in total. The topological polar surface area (TPSA) is 123 Å². The number of likely N-dealkylation sites (tertiary alicyclic amines) is 1. The van der Waals surface area contributed by atoms with Crippen LogP contribution in [0, 0.1) is 23.6 Å². The molecule has 0 spiro atoms. The highest BCUT2D eigenvalue weighted by molar-refractivity contribution is 14.1. The summed E-state index contributed by atoms with van der Waals surface area (Å²) in [6.07, 6.45) is 4.02. The van der Waals surface area contributed by atoms with Crippen LogP contribution in [0.25, 0.3) is 22.0 Å². The molecule has 0 unspecified atom stereocenters. The predicted molar refractivity (Wildman–Crippen MR) is 163 cm³/mol. The molecule has 0 bridgehead atoms. The van der Waals surface area contributed by atoms with Gasteiger partial charge in [0, 0.05) is 59.4 Å². The Morgan fingerprint density at radius 3 is 2.52 bits per heavy atom. The third-order valence-electron chi connectivity index (χ3n) is 7.04. The van der Waals surface area contributed by atoms with Gasteiger partial charge in [0.25, 0.3) is 0 Å². The summed E-state index contributed by atoms with van der Waals surface area (Å²) < 4.78 is 2.83. The second kappa shape index (κ2) is 11.3. The van der Waals surface area contributed by atoms with Crippen LogP contribution < -0.4 is 5.32 Å². The van der Waals surface area contributed by atoms with Gasteiger partial charge in [0.05, 0.1) is 5.52 Å². The van der Waals surface area contributed by atoms with E-state index in [4.69, 9.17) is 0 Å². The van der Waals surface area contributed by atoms with Crippen molar-refractivity contribution in [3.63, 3.8) is 0 Å². The normalized spacial score (nSPS) is 16.9. The fourth-order valence-corrected chi connectivity index (χ4v) is 5.74. The SMILES string of the molecule is CC(=O)c1nn(CC(=O)N2C[C@H](C)C[C@H]2C(=O)Nc2nc(Br)ccc2C)c2c(C)cc(-c3cnc(I)nc3)cc12. The number of rotatable bonds is 6. The maximum absolute atomic E-state index is 13.7. The first-order chi connectivity index (χ1) is 19.0. The molecule has 1 saturated heterocycles. The maximum atomic E-state index is 13.7. The molecule has 10 nitrogen and oxygen atoms in total.